The highest BCUT2D eigenvalue weighted by Gasteiger charge is 2.12. The molecular formula is C29H25NO4S. The van der Waals surface area contributed by atoms with Crippen molar-refractivity contribution in [3.05, 3.63) is 108 Å². The number of Topliss-reactive ketones (excluding diaryl/α,β-unsaturated/α-hetero) is 1. The predicted molar refractivity (Wildman–Crippen MR) is 141 cm³/mol. The fourth-order valence-electron chi connectivity index (χ4n) is 3.53. The molecule has 0 radical (unpaired) electrons. The lowest BCUT2D eigenvalue weighted by atomic mass is 10.0. The SMILES string of the molecule is COc1ccc(C(=O)Nc2ccc(SCC(=O)c3ccc(-c4ccccc4)cc3)cc2)cc1OC. The normalized spacial score (nSPS) is 10.5. The molecule has 0 fully saturated rings. The first kappa shape index (κ1) is 24.1. The van der Waals surface area contributed by atoms with Gasteiger partial charge in [0, 0.05) is 21.7 Å². The highest BCUT2D eigenvalue weighted by atomic mass is 32.2. The van der Waals surface area contributed by atoms with Crippen molar-refractivity contribution in [1.29, 1.82) is 0 Å². The van der Waals surface area contributed by atoms with E-state index < -0.39 is 0 Å². The molecular weight excluding hydrogens is 458 g/mol. The van der Waals surface area contributed by atoms with E-state index in [1.807, 2.05) is 78.9 Å². The molecule has 0 unspecified atom stereocenters. The van der Waals surface area contributed by atoms with Crippen LogP contribution in [0.1, 0.15) is 20.7 Å². The lowest BCUT2D eigenvalue weighted by Crippen LogP contribution is -2.12. The second-order valence-corrected chi connectivity index (χ2v) is 8.75. The predicted octanol–water partition coefficient (Wildman–Crippen LogP) is 6.60. The molecule has 176 valence electrons. The van der Waals surface area contributed by atoms with Crippen molar-refractivity contribution in [1.82, 2.24) is 0 Å². The Morgan fingerprint density at radius 2 is 1.34 bits per heavy atom. The summed E-state index contributed by atoms with van der Waals surface area (Å²) in [6, 6.07) is 30.2. The van der Waals surface area contributed by atoms with Gasteiger partial charge in [-0.15, -0.1) is 11.8 Å². The lowest BCUT2D eigenvalue weighted by Gasteiger charge is -2.10. The van der Waals surface area contributed by atoms with Gasteiger partial charge in [0.2, 0.25) is 0 Å². The van der Waals surface area contributed by atoms with Gasteiger partial charge in [0.05, 0.1) is 20.0 Å². The first-order chi connectivity index (χ1) is 17.1. The number of benzene rings is 4. The molecule has 0 saturated carbocycles. The van der Waals surface area contributed by atoms with Gasteiger partial charge < -0.3 is 14.8 Å². The Hall–Kier alpha value is -4.03. The maximum atomic E-state index is 12.6. The molecule has 0 spiro atoms. The van der Waals surface area contributed by atoms with Gasteiger partial charge in [-0.25, -0.2) is 0 Å². The van der Waals surface area contributed by atoms with Crippen molar-refractivity contribution in [3.63, 3.8) is 0 Å². The van der Waals surface area contributed by atoms with Crippen molar-refractivity contribution < 1.29 is 19.1 Å². The molecule has 4 aromatic carbocycles. The Kier molecular flexibility index (Phi) is 7.85. The van der Waals surface area contributed by atoms with Gasteiger partial charge in [-0.2, -0.15) is 0 Å². The number of thioether (sulfide) groups is 1. The first-order valence-electron chi connectivity index (χ1n) is 11.0. The Morgan fingerprint density at radius 1 is 0.714 bits per heavy atom. The highest BCUT2D eigenvalue weighted by molar-refractivity contribution is 8.00. The molecule has 1 N–H and O–H groups in total. The van der Waals surface area contributed by atoms with Gasteiger partial charge in [0.25, 0.3) is 5.91 Å². The van der Waals surface area contributed by atoms with Crippen LogP contribution in [0.3, 0.4) is 0 Å². The monoisotopic (exact) mass is 483 g/mol. The minimum absolute atomic E-state index is 0.0699. The van der Waals surface area contributed by atoms with E-state index in [0.717, 1.165) is 16.0 Å². The van der Waals surface area contributed by atoms with Gasteiger partial charge >= 0.3 is 0 Å². The van der Waals surface area contributed by atoms with Crippen molar-refractivity contribution in [2.45, 2.75) is 4.90 Å². The zero-order chi connectivity index (χ0) is 24.6. The quantitative estimate of drug-likeness (QED) is 0.215. The molecule has 0 aliphatic carbocycles. The minimum atomic E-state index is -0.250. The standard InChI is InChI=1S/C29H25NO4S/c1-33-27-17-12-23(18-28(27)34-2)29(32)30-24-13-15-25(16-14-24)35-19-26(31)22-10-8-21(9-11-22)20-6-4-3-5-7-20/h3-18H,19H2,1-2H3,(H,30,32). The number of carbonyl (C=O) groups excluding carboxylic acids is 2. The number of anilines is 1. The maximum absolute atomic E-state index is 12.6. The van der Waals surface area contributed by atoms with E-state index in [4.69, 9.17) is 9.47 Å². The molecule has 6 heteroatoms. The largest absolute Gasteiger partial charge is 0.493 e. The van der Waals surface area contributed by atoms with Crippen LogP contribution in [0.2, 0.25) is 0 Å². The molecule has 0 bridgehead atoms. The molecule has 0 atom stereocenters. The molecule has 1 amide bonds. The number of methoxy groups -OCH3 is 2. The van der Waals surface area contributed by atoms with Crippen LogP contribution < -0.4 is 14.8 Å². The molecule has 0 heterocycles. The average Bonchev–Trinajstić information content (AvgIpc) is 2.92. The Labute approximate surface area is 209 Å². The number of ether oxygens (including phenoxy) is 2. The van der Waals surface area contributed by atoms with Crippen molar-refractivity contribution in [3.8, 4) is 22.6 Å². The number of carbonyl (C=O) groups is 2. The van der Waals surface area contributed by atoms with Crippen LogP contribution in [0.25, 0.3) is 11.1 Å². The second kappa shape index (κ2) is 11.4. The zero-order valence-electron chi connectivity index (χ0n) is 19.5. The summed E-state index contributed by atoms with van der Waals surface area (Å²) in [5, 5.41) is 2.87. The van der Waals surface area contributed by atoms with Gasteiger partial charge in [-0.1, -0.05) is 54.6 Å². The van der Waals surface area contributed by atoms with Crippen LogP contribution in [0.15, 0.2) is 102 Å². The third-order valence-electron chi connectivity index (χ3n) is 5.44. The molecule has 4 rings (SSSR count). The summed E-state index contributed by atoms with van der Waals surface area (Å²) in [7, 11) is 3.08. The van der Waals surface area contributed by atoms with Crippen LogP contribution >= 0.6 is 11.8 Å². The molecule has 4 aromatic rings. The fourth-order valence-corrected chi connectivity index (χ4v) is 4.32. The summed E-state index contributed by atoms with van der Waals surface area (Å²) in [6.07, 6.45) is 0. The molecule has 0 aromatic heterocycles. The Morgan fingerprint density at radius 3 is 2.00 bits per heavy atom. The summed E-state index contributed by atoms with van der Waals surface area (Å²) in [6.45, 7) is 0. The van der Waals surface area contributed by atoms with Crippen molar-refractivity contribution in [2.75, 3.05) is 25.3 Å². The topological polar surface area (TPSA) is 64.6 Å². The Balaban J connectivity index is 1.32. The van der Waals surface area contributed by atoms with E-state index in [0.29, 0.717) is 34.1 Å². The summed E-state index contributed by atoms with van der Waals surface area (Å²) in [4.78, 5) is 26.2. The highest BCUT2D eigenvalue weighted by Crippen LogP contribution is 2.28. The number of hydrogen-bond donors (Lipinski definition) is 1. The summed E-state index contributed by atoms with van der Waals surface area (Å²) >= 11 is 1.46. The number of rotatable bonds is 9. The molecule has 0 aliphatic heterocycles. The van der Waals surface area contributed by atoms with Gasteiger partial charge in [-0.05, 0) is 53.6 Å². The third kappa shape index (κ3) is 6.11. The van der Waals surface area contributed by atoms with E-state index in [1.54, 1.807) is 25.3 Å². The number of nitrogens with one attached hydrogen (secondary N) is 1. The summed E-state index contributed by atoms with van der Waals surface area (Å²) < 4.78 is 10.5. The van der Waals surface area contributed by atoms with Gasteiger partial charge in [0.1, 0.15) is 0 Å². The summed E-state index contributed by atoms with van der Waals surface area (Å²) in [5.41, 5.74) is 4.03. The van der Waals surface area contributed by atoms with Crippen LogP contribution in [0.4, 0.5) is 5.69 Å². The number of amides is 1. The minimum Gasteiger partial charge on any atom is -0.493 e. The first-order valence-corrected chi connectivity index (χ1v) is 12.0. The van der Waals surface area contributed by atoms with E-state index in [9.17, 15) is 9.59 Å². The van der Waals surface area contributed by atoms with Crippen LogP contribution in [-0.2, 0) is 0 Å². The van der Waals surface area contributed by atoms with Gasteiger partial charge in [0.15, 0.2) is 17.3 Å². The van der Waals surface area contributed by atoms with E-state index in [-0.39, 0.29) is 11.7 Å². The second-order valence-electron chi connectivity index (χ2n) is 7.70. The van der Waals surface area contributed by atoms with E-state index >= 15 is 0 Å². The van der Waals surface area contributed by atoms with Crippen molar-refractivity contribution >= 4 is 29.1 Å². The fraction of sp³-hybridized carbons (Fsp3) is 0.103. The number of hydrogen-bond acceptors (Lipinski definition) is 5. The van der Waals surface area contributed by atoms with Crippen LogP contribution in [0.5, 0.6) is 11.5 Å². The number of ketones is 1. The average molecular weight is 484 g/mol. The third-order valence-corrected chi connectivity index (χ3v) is 6.45. The lowest BCUT2D eigenvalue weighted by molar-refractivity contribution is 0.101. The Bertz CT molecular complexity index is 1300. The van der Waals surface area contributed by atoms with E-state index in [1.165, 1.54) is 18.9 Å². The molecule has 35 heavy (non-hydrogen) atoms. The molecule has 0 saturated heterocycles. The zero-order valence-corrected chi connectivity index (χ0v) is 20.3. The van der Waals surface area contributed by atoms with Crippen LogP contribution in [0, 0.1) is 0 Å². The van der Waals surface area contributed by atoms with Crippen molar-refractivity contribution in [2.24, 2.45) is 0 Å². The van der Waals surface area contributed by atoms with E-state index in [2.05, 4.69) is 5.32 Å². The van der Waals surface area contributed by atoms with Crippen LogP contribution in [-0.4, -0.2) is 31.7 Å². The molecule has 5 nitrogen and oxygen atoms in total. The summed E-state index contributed by atoms with van der Waals surface area (Å²) in [5.74, 6) is 1.21. The molecule has 0 aliphatic rings. The smallest absolute Gasteiger partial charge is 0.255 e. The maximum Gasteiger partial charge on any atom is 0.255 e. The van der Waals surface area contributed by atoms with Gasteiger partial charge in [-0.3, -0.25) is 9.59 Å².